The lowest BCUT2D eigenvalue weighted by atomic mass is 9.94. The lowest BCUT2D eigenvalue weighted by Crippen LogP contribution is -2.29. The van der Waals surface area contributed by atoms with Crippen molar-refractivity contribution in [2.45, 2.75) is 13.8 Å². The van der Waals surface area contributed by atoms with Gasteiger partial charge in [0.15, 0.2) is 0 Å². The number of benzene rings is 1. The first-order valence-electron chi connectivity index (χ1n) is 5.19. The Kier molecular flexibility index (Phi) is 2.56. The minimum atomic E-state index is -1.04. The number of aromatic amines is 1. The van der Waals surface area contributed by atoms with Crippen LogP contribution >= 0.6 is 0 Å². The maximum atomic E-state index is 11.8. The predicted molar refractivity (Wildman–Crippen MR) is 64.1 cm³/mol. The Hall–Kier alpha value is -2.35. The van der Waals surface area contributed by atoms with Crippen molar-refractivity contribution in [1.82, 2.24) is 9.97 Å². The number of carbonyl (C=O) groups excluding carboxylic acids is 1. The number of fused-ring (bicyclic) bond motifs is 1. The molecule has 0 aliphatic heterocycles. The third kappa shape index (κ3) is 2.11. The molecule has 0 bridgehead atoms. The average molecular weight is 228 g/mol. The van der Waals surface area contributed by atoms with E-state index < -0.39 is 5.41 Å². The van der Waals surface area contributed by atoms with Gasteiger partial charge in [-0.25, -0.2) is 4.98 Å². The summed E-state index contributed by atoms with van der Waals surface area (Å²) in [6.07, 6.45) is 1.59. The Labute approximate surface area is 98.5 Å². The second-order valence-electron chi connectivity index (χ2n) is 4.33. The van der Waals surface area contributed by atoms with Crippen LogP contribution in [0.1, 0.15) is 13.8 Å². The molecular weight excluding hydrogens is 216 g/mol. The quantitative estimate of drug-likeness (QED) is 0.825. The van der Waals surface area contributed by atoms with Crippen LogP contribution < -0.4 is 5.32 Å². The summed E-state index contributed by atoms with van der Waals surface area (Å²) in [4.78, 5) is 18.8. The van der Waals surface area contributed by atoms with Gasteiger partial charge in [-0.2, -0.15) is 5.26 Å². The molecular formula is C12H12N4O. The van der Waals surface area contributed by atoms with E-state index >= 15 is 0 Å². The van der Waals surface area contributed by atoms with Crippen molar-refractivity contribution in [2.24, 2.45) is 5.41 Å². The number of aromatic nitrogens is 2. The van der Waals surface area contributed by atoms with Gasteiger partial charge in [-0.3, -0.25) is 4.79 Å². The van der Waals surface area contributed by atoms with Gasteiger partial charge in [0.1, 0.15) is 5.41 Å². The van der Waals surface area contributed by atoms with Gasteiger partial charge in [0.25, 0.3) is 0 Å². The Morgan fingerprint density at radius 2 is 2.29 bits per heavy atom. The number of imidazole rings is 1. The van der Waals surface area contributed by atoms with Gasteiger partial charge in [-0.1, -0.05) is 0 Å². The molecule has 1 aromatic carbocycles. The van der Waals surface area contributed by atoms with E-state index in [1.54, 1.807) is 38.4 Å². The first-order valence-corrected chi connectivity index (χ1v) is 5.19. The van der Waals surface area contributed by atoms with E-state index in [1.807, 2.05) is 6.07 Å². The monoisotopic (exact) mass is 228 g/mol. The second kappa shape index (κ2) is 3.91. The summed E-state index contributed by atoms with van der Waals surface area (Å²) in [6, 6.07) is 7.31. The summed E-state index contributed by atoms with van der Waals surface area (Å²) in [6.45, 7) is 3.16. The summed E-state index contributed by atoms with van der Waals surface area (Å²) in [5, 5.41) is 11.6. The fraction of sp³-hybridized carbons (Fsp3) is 0.250. The zero-order valence-electron chi connectivity index (χ0n) is 9.61. The fourth-order valence-corrected chi connectivity index (χ4v) is 1.35. The van der Waals surface area contributed by atoms with E-state index in [0.29, 0.717) is 5.69 Å². The van der Waals surface area contributed by atoms with Gasteiger partial charge < -0.3 is 10.3 Å². The van der Waals surface area contributed by atoms with Gasteiger partial charge in [0.05, 0.1) is 23.4 Å². The Bertz CT molecular complexity index is 606. The standard InChI is InChI=1S/C12H12N4O/c1-12(2,6-13)11(17)16-8-3-4-9-10(5-8)15-7-14-9/h3-5,7H,1-2H3,(H,14,15)(H,16,17). The molecule has 0 radical (unpaired) electrons. The highest BCUT2D eigenvalue weighted by Crippen LogP contribution is 2.20. The smallest absolute Gasteiger partial charge is 0.244 e. The van der Waals surface area contributed by atoms with E-state index in [-0.39, 0.29) is 5.91 Å². The zero-order chi connectivity index (χ0) is 12.5. The molecule has 0 spiro atoms. The van der Waals surface area contributed by atoms with Crippen LogP contribution in [0.15, 0.2) is 24.5 Å². The highest BCUT2D eigenvalue weighted by Gasteiger charge is 2.27. The van der Waals surface area contributed by atoms with Gasteiger partial charge in [-0.05, 0) is 32.0 Å². The third-order valence-electron chi connectivity index (χ3n) is 2.53. The minimum Gasteiger partial charge on any atom is -0.345 e. The zero-order valence-corrected chi connectivity index (χ0v) is 9.61. The summed E-state index contributed by atoms with van der Waals surface area (Å²) in [5.74, 6) is -0.320. The number of amides is 1. The number of nitriles is 1. The van der Waals surface area contributed by atoms with Gasteiger partial charge in [0.2, 0.25) is 5.91 Å². The molecule has 17 heavy (non-hydrogen) atoms. The van der Waals surface area contributed by atoms with Gasteiger partial charge >= 0.3 is 0 Å². The maximum Gasteiger partial charge on any atom is 0.244 e. The molecule has 0 saturated carbocycles. The number of carbonyl (C=O) groups is 1. The second-order valence-corrected chi connectivity index (χ2v) is 4.33. The molecule has 0 aliphatic carbocycles. The lowest BCUT2D eigenvalue weighted by Gasteiger charge is -2.14. The number of anilines is 1. The number of hydrogen-bond acceptors (Lipinski definition) is 3. The van der Waals surface area contributed by atoms with Crippen molar-refractivity contribution < 1.29 is 4.79 Å². The number of nitrogens with zero attached hydrogens (tertiary/aromatic N) is 2. The molecule has 0 atom stereocenters. The van der Waals surface area contributed by atoms with Crippen LogP contribution in [0.25, 0.3) is 11.0 Å². The van der Waals surface area contributed by atoms with E-state index in [2.05, 4.69) is 15.3 Å². The molecule has 2 aromatic rings. The first-order chi connectivity index (χ1) is 8.03. The Morgan fingerprint density at radius 3 is 3.00 bits per heavy atom. The molecule has 5 nitrogen and oxygen atoms in total. The van der Waals surface area contributed by atoms with E-state index in [1.165, 1.54) is 0 Å². The number of hydrogen-bond donors (Lipinski definition) is 2. The van der Waals surface area contributed by atoms with Crippen molar-refractivity contribution in [3.05, 3.63) is 24.5 Å². The Morgan fingerprint density at radius 1 is 1.53 bits per heavy atom. The third-order valence-corrected chi connectivity index (χ3v) is 2.53. The van der Waals surface area contributed by atoms with E-state index in [9.17, 15) is 4.79 Å². The Balaban J connectivity index is 2.24. The molecule has 0 saturated heterocycles. The van der Waals surface area contributed by atoms with Crippen LogP contribution in [0.2, 0.25) is 0 Å². The highest BCUT2D eigenvalue weighted by molar-refractivity contribution is 5.97. The summed E-state index contributed by atoms with van der Waals surface area (Å²) < 4.78 is 0. The van der Waals surface area contributed by atoms with E-state index in [0.717, 1.165) is 11.0 Å². The van der Waals surface area contributed by atoms with Crippen molar-refractivity contribution >= 4 is 22.6 Å². The SMILES string of the molecule is CC(C)(C#N)C(=O)Nc1ccc2nc[nH]c2c1. The lowest BCUT2D eigenvalue weighted by molar-refractivity contribution is -0.121. The van der Waals surface area contributed by atoms with Crippen LogP contribution in [-0.2, 0) is 4.79 Å². The molecule has 1 aromatic heterocycles. The average Bonchev–Trinajstić information content (AvgIpc) is 2.76. The van der Waals surface area contributed by atoms with Crippen LogP contribution in [0, 0.1) is 16.7 Å². The van der Waals surface area contributed by atoms with Crippen molar-refractivity contribution in [1.29, 1.82) is 5.26 Å². The minimum absolute atomic E-state index is 0.320. The van der Waals surface area contributed by atoms with Crippen LogP contribution in [-0.4, -0.2) is 15.9 Å². The fourth-order valence-electron chi connectivity index (χ4n) is 1.35. The molecule has 0 fully saturated rings. The number of H-pyrrole nitrogens is 1. The highest BCUT2D eigenvalue weighted by atomic mass is 16.2. The van der Waals surface area contributed by atoms with Crippen LogP contribution in [0.3, 0.4) is 0 Å². The number of rotatable bonds is 2. The molecule has 1 amide bonds. The summed E-state index contributed by atoms with van der Waals surface area (Å²) in [7, 11) is 0. The summed E-state index contributed by atoms with van der Waals surface area (Å²) in [5.41, 5.74) is 1.29. The molecule has 86 valence electrons. The molecule has 1 heterocycles. The van der Waals surface area contributed by atoms with Crippen LogP contribution in [0.5, 0.6) is 0 Å². The number of nitrogens with one attached hydrogen (secondary N) is 2. The topological polar surface area (TPSA) is 81.6 Å². The van der Waals surface area contributed by atoms with E-state index in [4.69, 9.17) is 5.26 Å². The van der Waals surface area contributed by atoms with Crippen molar-refractivity contribution in [3.8, 4) is 6.07 Å². The van der Waals surface area contributed by atoms with Gasteiger partial charge in [-0.15, -0.1) is 0 Å². The largest absolute Gasteiger partial charge is 0.345 e. The molecule has 0 unspecified atom stereocenters. The first kappa shape index (κ1) is 11.1. The van der Waals surface area contributed by atoms with Crippen LogP contribution in [0.4, 0.5) is 5.69 Å². The van der Waals surface area contributed by atoms with Gasteiger partial charge in [0, 0.05) is 5.69 Å². The van der Waals surface area contributed by atoms with Crippen molar-refractivity contribution in [3.63, 3.8) is 0 Å². The molecule has 2 N–H and O–H groups in total. The predicted octanol–water partition coefficient (Wildman–Crippen LogP) is 2.05. The maximum absolute atomic E-state index is 11.8. The summed E-state index contributed by atoms with van der Waals surface area (Å²) >= 11 is 0. The molecule has 0 aliphatic rings. The van der Waals surface area contributed by atoms with Crippen molar-refractivity contribution in [2.75, 3.05) is 5.32 Å². The molecule has 2 rings (SSSR count). The normalized spacial score (nSPS) is 11.1. The molecule has 5 heteroatoms.